The fourth-order valence-electron chi connectivity index (χ4n) is 3.74. The van der Waals surface area contributed by atoms with Crippen molar-refractivity contribution in [2.75, 3.05) is 6.61 Å². The molecule has 6 heteroatoms. The summed E-state index contributed by atoms with van der Waals surface area (Å²) in [4.78, 5) is 16.7. The maximum absolute atomic E-state index is 12.6. The van der Waals surface area contributed by atoms with Crippen LogP contribution in [-0.2, 0) is 22.5 Å². The van der Waals surface area contributed by atoms with E-state index in [0.29, 0.717) is 12.5 Å². The number of aryl methyl sites for hydroxylation is 1. The average molecular weight is 293 g/mol. The van der Waals surface area contributed by atoms with E-state index in [1.807, 2.05) is 20.8 Å². The normalized spacial score (nSPS) is 33.3. The number of carbonyl (C=O) groups is 1. The SMILES string of the molecule is CCc1cnc(CNC(=O)C2(N)C3CCOC3C2(C)C)o1. The van der Waals surface area contributed by atoms with Gasteiger partial charge in [0.25, 0.3) is 0 Å². The number of hydrogen-bond acceptors (Lipinski definition) is 5. The van der Waals surface area contributed by atoms with Gasteiger partial charge in [0.15, 0.2) is 0 Å². The van der Waals surface area contributed by atoms with E-state index < -0.39 is 5.54 Å². The monoisotopic (exact) mass is 293 g/mol. The standard InChI is InChI=1S/C15H23N3O3/c1-4-9-7-17-11(21-9)8-18-13(19)15(16)10-5-6-20-12(10)14(15,2)3/h7,10,12H,4-6,8,16H2,1-3H3,(H,18,19). The average Bonchev–Trinajstić information content (AvgIpc) is 3.11. The molecule has 3 N–H and O–H groups in total. The van der Waals surface area contributed by atoms with Crippen molar-refractivity contribution < 1.29 is 13.9 Å². The van der Waals surface area contributed by atoms with Gasteiger partial charge >= 0.3 is 0 Å². The van der Waals surface area contributed by atoms with Crippen LogP contribution in [0, 0.1) is 11.3 Å². The maximum atomic E-state index is 12.6. The zero-order chi connectivity index (χ0) is 15.3. The van der Waals surface area contributed by atoms with Crippen molar-refractivity contribution in [2.24, 2.45) is 17.1 Å². The molecule has 1 aliphatic carbocycles. The van der Waals surface area contributed by atoms with Crippen LogP contribution < -0.4 is 11.1 Å². The minimum absolute atomic E-state index is 0.0849. The molecule has 3 atom stereocenters. The molecule has 3 unspecified atom stereocenters. The molecular weight excluding hydrogens is 270 g/mol. The molecule has 1 amide bonds. The third kappa shape index (κ3) is 1.92. The minimum atomic E-state index is -0.881. The van der Waals surface area contributed by atoms with Gasteiger partial charge in [-0.2, -0.15) is 0 Å². The number of aromatic nitrogens is 1. The highest BCUT2D eigenvalue weighted by atomic mass is 16.5. The fraction of sp³-hybridized carbons (Fsp3) is 0.733. The van der Waals surface area contributed by atoms with Crippen molar-refractivity contribution in [3.05, 3.63) is 17.8 Å². The number of amides is 1. The Morgan fingerprint density at radius 1 is 1.57 bits per heavy atom. The van der Waals surface area contributed by atoms with E-state index >= 15 is 0 Å². The summed E-state index contributed by atoms with van der Waals surface area (Å²) in [6, 6.07) is 0. The van der Waals surface area contributed by atoms with Crippen molar-refractivity contribution >= 4 is 5.91 Å². The number of oxazole rings is 1. The Morgan fingerprint density at radius 3 is 3.00 bits per heavy atom. The molecule has 1 aromatic rings. The number of nitrogens with two attached hydrogens (primary N) is 1. The lowest BCUT2D eigenvalue weighted by Crippen LogP contribution is -2.80. The zero-order valence-corrected chi connectivity index (χ0v) is 12.8. The molecule has 0 spiro atoms. The summed E-state index contributed by atoms with van der Waals surface area (Å²) in [5.41, 5.74) is 5.22. The Bertz CT molecular complexity index is 554. The number of fused-ring (bicyclic) bond motifs is 1. The van der Waals surface area contributed by atoms with Crippen LogP contribution in [0.2, 0.25) is 0 Å². The Kier molecular flexibility index (Phi) is 3.33. The number of hydrogen-bond donors (Lipinski definition) is 2. The Morgan fingerprint density at radius 2 is 2.33 bits per heavy atom. The van der Waals surface area contributed by atoms with E-state index in [4.69, 9.17) is 14.9 Å². The van der Waals surface area contributed by atoms with Gasteiger partial charge in [0.2, 0.25) is 11.8 Å². The van der Waals surface area contributed by atoms with Crippen LogP contribution in [-0.4, -0.2) is 29.1 Å². The zero-order valence-electron chi connectivity index (χ0n) is 12.8. The molecule has 2 heterocycles. The number of nitrogens with zero attached hydrogens (tertiary/aromatic N) is 1. The highest BCUT2D eigenvalue weighted by molar-refractivity contribution is 5.89. The van der Waals surface area contributed by atoms with E-state index in [0.717, 1.165) is 18.6 Å². The predicted molar refractivity (Wildman–Crippen MR) is 76.3 cm³/mol. The van der Waals surface area contributed by atoms with Gasteiger partial charge in [-0.1, -0.05) is 20.8 Å². The van der Waals surface area contributed by atoms with Gasteiger partial charge in [0.05, 0.1) is 18.8 Å². The van der Waals surface area contributed by atoms with Crippen molar-refractivity contribution in [1.29, 1.82) is 0 Å². The van der Waals surface area contributed by atoms with Crippen molar-refractivity contribution in [3.63, 3.8) is 0 Å². The number of nitrogens with one attached hydrogen (secondary N) is 1. The lowest BCUT2D eigenvalue weighted by molar-refractivity contribution is -0.175. The van der Waals surface area contributed by atoms with Crippen molar-refractivity contribution in [3.8, 4) is 0 Å². The molecule has 3 rings (SSSR count). The van der Waals surface area contributed by atoms with Gasteiger partial charge < -0.3 is 20.2 Å². The summed E-state index contributed by atoms with van der Waals surface area (Å²) >= 11 is 0. The minimum Gasteiger partial charge on any atom is -0.444 e. The largest absolute Gasteiger partial charge is 0.444 e. The van der Waals surface area contributed by atoms with Crippen LogP contribution in [0.4, 0.5) is 0 Å². The van der Waals surface area contributed by atoms with E-state index in [1.54, 1.807) is 6.20 Å². The van der Waals surface area contributed by atoms with Crippen LogP contribution in [0.25, 0.3) is 0 Å². The third-order valence-corrected chi connectivity index (χ3v) is 5.18. The molecule has 0 aromatic carbocycles. The second-order valence-electron chi connectivity index (χ2n) is 6.53. The number of rotatable bonds is 4. The van der Waals surface area contributed by atoms with Crippen LogP contribution >= 0.6 is 0 Å². The number of ether oxygens (including phenoxy) is 1. The highest BCUT2D eigenvalue weighted by Gasteiger charge is 2.71. The predicted octanol–water partition coefficient (Wildman–Crippen LogP) is 0.996. The van der Waals surface area contributed by atoms with E-state index in [2.05, 4.69) is 10.3 Å². The molecule has 2 fully saturated rings. The summed E-state index contributed by atoms with van der Waals surface area (Å²) in [5.74, 6) is 1.29. The van der Waals surface area contributed by atoms with E-state index in [9.17, 15) is 4.79 Å². The Balaban J connectivity index is 1.67. The first-order valence-corrected chi connectivity index (χ1v) is 7.53. The summed E-state index contributed by atoms with van der Waals surface area (Å²) in [7, 11) is 0. The van der Waals surface area contributed by atoms with Gasteiger partial charge in [-0.3, -0.25) is 4.79 Å². The second-order valence-corrected chi connectivity index (χ2v) is 6.53. The van der Waals surface area contributed by atoms with Crippen molar-refractivity contribution in [2.45, 2.75) is 51.8 Å². The molecule has 0 bridgehead atoms. The Hall–Kier alpha value is -1.40. The maximum Gasteiger partial charge on any atom is 0.241 e. The quantitative estimate of drug-likeness (QED) is 0.864. The molecule has 0 radical (unpaired) electrons. The molecule has 21 heavy (non-hydrogen) atoms. The summed E-state index contributed by atoms with van der Waals surface area (Å²) < 4.78 is 11.2. The fourth-order valence-corrected chi connectivity index (χ4v) is 3.74. The van der Waals surface area contributed by atoms with Gasteiger partial charge in [-0.25, -0.2) is 4.98 Å². The lowest BCUT2D eigenvalue weighted by Gasteiger charge is -2.60. The molecule has 2 aliphatic rings. The first-order valence-electron chi connectivity index (χ1n) is 7.53. The molecular formula is C15H23N3O3. The van der Waals surface area contributed by atoms with Crippen LogP contribution in [0.5, 0.6) is 0 Å². The van der Waals surface area contributed by atoms with Crippen LogP contribution in [0.15, 0.2) is 10.6 Å². The summed E-state index contributed by atoms with van der Waals surface area (Å²) in [5, 5.41) is 2.87. The third-order valence-electron chi connectivity index (χ3n) is 5.18. The summed E-state index contributed by atoms with van der Waals surface area (Å²) in [6.45, 7) is 6.95. The van der Waals surface area contributed by atoms with E-state index in [-0.39, 0.29) is 29.9 Å². The molecule has 1 saturated heterocycles. The van der Waals surface area contributed by atoms with Gasteiger partial charge in [0, 0.05) is 24.4 Å². The van der Waals surface area contributed by atoms with Crippen LogP contribution in [0.3, 0.4) is 0 Å². The van der Waals surface area contributed by atoms with Gasteiger partial charge in [-0.15, -0.1) is 0 Å². The van der Waals surface area contributed by atoms with Crippen LogP contribution in [0.1, 0.15) is 38.8 Å². The smallest absolute Gasteiger partial charge is 0.241 e. The molecule has 1 saturated carbocycles. The number of carbonyl (C=O) groups excluding carboxylic acids is 1. The van der Waals surface area contributed by atoms with Gasteiger partial charge in [0.1, 0.15) is 11.3 Å². The summed E-state index contributed by atoms with van der Waals surface area (Å²) in [6.07, 6.45) is 3.41. The Labute approximate surface area is 124 Å². The topological polar surface area (TPSA) is 90.4 Å². The van der Waals surface area contributed by atoms with Gasteiger partial charge in [-0.05, 0) is 6.42 Å². The first kappa shape index (κ1) is 14.5. The lowest BCUT2D eigenvalue weighted by atomic mass is 9.48. The first-order chi connectivity index (χ1) is 9.91. The molecule has 1 aliphatic heterocycles. The molecule has 116 valence electrons. The van der Waals surface area contributed by atoms with Crippen molar-refractivity contribution in [1.82, 2.24) is 10.3 Å². The second kappa shape index (κ2) is 4.81. The van der Waals surface area contributed by atoms with E-state index in [1.165, 1.54) is 0 Å². The highest BCUT2D eigenvalue weighted by Crippen LogP contribution is 2.58. The molecule has 6 nitrogen and oxygen atoms in total. The molecule has 1 aromatic heterocycles.